The van der Waals surface area contributed by atoms with Gasteiger partial charge in [-0.2, -0.15) is 0 Å². The van der Waals surface area contributed by atoms with Gasteiger partial charge in [-0.1, -0.05) is 29.4 Å². The number of nitrogens with one attached hydrogen (secondary N) is 1. The molecular weight excluding hydrogens is 435 g/mol. The van der Waals surface area contributed by atoms with E-state index in [0.717, 1.165) is 25.6 Å². The van der Waals surface area contributed by atoms with Crippen molar-refractivity contribution in [2.45, 2.75) is 17.6 Å². The lowest BCUT2D eigenvalue weighted by Crippen LogP contribution is -2.13. The van der Waals surface area contributed by atoms with E-state index < -0.39 is 0 Å². The van der Waals surface area contributed by atoms with Gasteiger partial charge in [-0.15, -0.1) is 11.8 Å². The van der Waals surface area contributed by atoms with Crippen molar-refractivity contribution in [3.63, 3.8) is 0 Å². The van der Waals surface area contributed by atoms with E-state index in [1.807, 2.05) is 61.5 Å². The van der Waals surface area contributed by atoms with Crippen LogP contribution in [0.2, 0.25) is 0 Å². The Labute approximate surface area is 158 Å². The maximum absolute atomic E-state index is 12.6. The first-order chi connectivity index (χ1) is 11.6. The number of hydrogen-bond acceptors (Lipinski definition) is 4. The Kier molecular flexibility index (Phi) is 5.57. The van der Waals surface area contributed by atoms with Gasteiger partial charge < -0.3 is 9.84 Å². The van der Waals surface area contributed by atoms with Crippen LogP contribution in [-0.2, 0) is 5.75 Å². The average molecular weight is 450 g/mol. The van der Waals surface area contributed by atoms with Crippen LogP contribution in [-0.4, -0.2) is 11.1 Å². The Bertz CT molecular complexity index is 863. The summed E-state index contributed by atoms with van der Waals surface area (Å²) in [4.78, 5) is 13.6. The van der Waals surface area contributed by atoms with Gasteiger partial charge in [-0.25, -0.2) is 0 Å². The molecule has 0 bridgehead atoms. The van der Waals surface area contributed by atoms with E-state index in [2.05, 4.69) is 33.1 Å². The van der Waals surface area contributed by atoms with Crippen LogP contribution in [0.4, 0.5) is 5.69 Å². The molecule has 4 nitrogen and oxygen atoms in total. The van der Waals surface area contributed by atoms with Gasteiger partial charge in [0.25, 0.3) is 5.91 Å². The lowest BCUT2D eigenvalue weighted by atomic mass is 10.2. The highest BCUT2D eigenvalue weighted by Crippen LogP contribution is 2.27. The lowest BCUT2D eigenvalue weighted by Gasteiger charge is -2.10. The third-order valence-corrected chi connectivity index (χ3v) is 5.34. The molecule has 0 unspecified atom stereocenters. The second-order valence-electron chi connectivity index (χ2n) is 5.15. The summed E-state index contributed by atoms with van der Waals surface area (Å²) < 4.78 is 6.23. The van der Waals surface area contributed by atoms with Crippen molar-refractivity contribution < 1.29 is 9.32 Å². The number of halogens is 1. The van der Waals surface area contributed by atoms with Crippen molar-refractivity contribution in [2.75, 3.05) is 5.32 Å². The van der Waals surface area contributed by atoms with Gasteiger partial charge in [0.1, 0.15) is 5.76 Å². The Morgan fingerprint density at radius 2 is 1.96 bits per heavy atom. The van der Waals surface area contributed by atoms with Crippen molar-refractivity contribution in [1.82, 2.24) is 5.16 Å². The van der Waals surface area contributed by atoms with Crippen molar-refractivity contribution in [2.24, 2.45) is 0 Å². The van der Waals surface area contributed by atoms with E-state index in [-0.39, 0.29) is 5.91 Å². The summed E-state index contributed by atoms with van der Waals surface area (Å²) in [6.45, 7) is 1.89. The van der Waals surface area contributed by atoms with Crippen LogP contribution in [0.5, 0.6) is 0 Å². The largest absolute Gasteiger partial charge is 0.360 e. The first-order valence-corrected chi connectivity index (χ1v) is 9.40. The van der Waals surface area contributed by atoms with Crippen LogP contribution < -0.4 is 5.32 Å². The molecule has 1 heterocycles. The molecule has 0 aliphatic rings. The van der Waals surface area contributed by atoms with Crippen LogP contribution in [0.15, 0.2) is 64.0 Å². The summed E-state index contributed by atoms with van der Waals surface area (Å²) in [5.41, 5.74) is 2.32. The van der Waals surface area contributed by atoms with Crippen molar-refractivity contribution >= 4 is 45.9 Å². The zero-order valence-electron chi connectivity index (χ0n) is 13.0. The van der Waals surface area contributed by atoms with Gasteiger partial charge in [0.15, 0.2) is 0 Å². The number of carbonyl (C=O) groups is 1. The molecule has 0 spiro atoms. The predicted molar refractivity (Wildman–Crippen MR) is 104 cm³/mol. The Morgan fingerprint density at radius 3 is 2.71 bits per heavy atom. The highest BCUT2D eigenvalue weighted by Gasteiger charge is 2.13. The highest BCUT2D eigenvalue weighted by atomic mass is 127. The summed E-state index contributed by atoms with van der Waals surface area (Å²) in [6, 6.07) is 17.2. The van der Waals surface area contributed by atoms with Crippen LogP contribution in [0.3, 0.4) is 0 Å². The van der Waals surface area contributed by atoms with E-state index in [1.54, 1.807) is 11.8 Å². The van der Waals surface area contributed by atoms with Crippen LogP contribution in [0.1, 0.15) is 21.8 Å². The Morgan fingerprint density at radius 1 is 1.21 bits per heavy atom. The molecule has 122 valence electrons. The first kappa shape index (κ1) is 17.0. The van der Waals surface area contributed by atoms with Gasteiger partial charge in [0.05, 0.1) is 22.7 Å². The fourth-order valence-corrected chi connectivity index (χ4v) is 3.61. The molecule has 3 aromatic rings. The standard InChI is InChI=1S/C18H15IN2O2S/c1-12-10-13(23-21-12)11-24-17-9-5-2-6-14(17)18(22)20-16-8-4-3-7-15(16)19/h2-10H,11H2,1H3,(H,20,22). The smallest absolute Gasteiger partial charge is 0.256 e. The molecule has 0 radical (unpaired) electrons. The summed E-state index contributed by atoms with van der Waals surface area (Å²) in [7, 11) is 0. The quantitative estimate of drug-likeness (QED) is 0.433. The van der Waals surface area contributed by atoms with E-state index in [0.29, 0.717) is 11.3 Å². The number of aryl methyl sites for hydroxylation is 1. The molecule has 0 saturated heterocycles. The third kappa shape index (κ3) is 4.18. The molecule has 3 rings (SSSR count). The highest BCUT2D eigenvalue weighted by molar-refractivity contribution is 14.1. The number of anilines is 1. The minimum atomic E-state index is -0.115. The average Bonchev–Trinajstić information content (AvgIpc) is 3.01. The molecule has 1 N–H and O–H groups in total. The topological polar surface area (TPSA) is 55.1 Å². The molecule has 0 aliphatic carbocycles. The van der Waals surface area contributed by atoms with Crippen molar-refractivity contribution in [3.8, 4) is 0 Å². The van der Waals surface area contributed by atoms with E-state index in [9.17, 15) is 4.79 Å². The van der Waals surface area contributed by atoms with Crippen molar-refractivity contribution in [3.05, 3.63) is 75.2 Å². The number of thioether (sulfide) groups is 1. The van der Waals surface area contributed by atoms with E-state index in [4.69, 9.17) is 4.52 Å². The number of amides is 1. The third-order valence-electron chi connectivity index (χ3n) is 3.30. The molecule has 0 saturated carbocycles. The zero-order valence-corrected chi connectivity index (χ0v) is 15.9. The van der Waals surface area contributed by atoms with Crippen LogP contribution in [0, 0.1) is 10.5 Å². The molecular formula is C18H15IN2O2S. The minimum absolute atomic E-state index is 0.115. The predicted octanol–water partition coefficient (Wildman–Crippen LogP) is 5.13. The Balaban J connectivity index is 1.75. The fraction of sp³-hybridized carbons (Fsp3) is 0.111. The van der Waals surface area contributed by atoms with Gasteiger partial charge in [0, 0.05) is 14.5 Å². The zero-order chi connectivity index (χ0) is 16.9. The normalized spacial score (nSPS) is 10.6. The Hall–Kier alpha value is -1.80. The minimum Gasteiger partial charge on any atom is -0.360 e. The number of aromatic nitrogens is 1. The second kappa shape index (κ2) is 7.85. The molecule has 0 atom stereocenters. The van der Waals surface area contributed by atoms with Gasteiger partial charge >= 0.3 is 0 Å². The van der Waals surface area contributed by atoms with Gasteiger partial charge in [0.2, 0.25) is 0 Å². The number of hydrogen-bond donors (Lipinski definition) is 1. The summed E-state index contributed by atoms with van der Waals surface area (Å²) >= 11 is 3.77. The monoisotopic (exact) mass is 450 g/mol. The second-order valence-corrected chi connectivity index (χ2v) is 7.33. The number of nitrogens with zero attached hydrogens (tertiary/aromatic N) is 1. The van der Waals surface area contributed by atoms with Crippen molar-refractivity contribution in [1.29, 1.82) is 0 Å². The molecule has 0 aliphatic heterocycles. The number of benzene rings is 2. The molecule has 2 aromatic carbocycles. The molecule has 6 heteroatoms. The van der Waals surface area contributed by atoms with Gasteiger partial charge in [-0.3, -0.25) is 4.79 Å². The number of para-hydroxylation sites is 1. The molecule has 1 aromatic heterocycles. The summed E-state index contributed by atoms with van der Waals surface area (Å²) in [6.07, 6.45) is 0. The van der Waals surface area contributed by atoms with Crippen LogP contribution >= 0.6 is 34.4 Å². The lowest BCUT2D eigenvalue weighted by molar-refractivity contribution is 0.102. The summed E-state index contributed by atoms with van der Waals surface area (Å²) in [5.74, 6) is 1.31. The molecule has 24 heavy (non-hydrogen) atoms. The van der Waals surface area contributed by atoms with Gasteiger partial charge in [-0.05, 0) is 53.8 Å². The van der Waals surface area contributed by atoms with Crippen LogP contribution in [0.25, 0.3) is 0 Å². The maximum Gasteiger partial charge on any atom is 0.256 e. The number of carbonyl (C=O) groups excluding carboxylic acids is 1. The first-order valence-electron chi connectivity index (χ1n) is 7.33. The maximum atomic E-state index is 12.6. The molecule has 1 amide bonds. The fourth-order valence-electron chi connectivity index (χ4n) is 2.17. The summed E-state index contributed by atoms with van der Waals surface area (Å²) in [5, 5.41) is 6.86. The SMILES string of the molecule is Cc1cc(CSc2ccccc2C(=O)Nc2ccccc2I)on1. The van der Waals surface area contributed by atoms with E-state index in [1.165, 1.54) is 0 Å². The molecule has 0 fully saturated rings. The van der Waals surface area contributed by atoms with E-state index >= 15 is 0 Å². The number of rotatable bonds is 5.